The summed E-state index contributed by atoms with van der Waals surface area (Å²) >= 11 is 0. The molecule has 0 aromatic carbocycles. The van der Waals surface area contributed by atoms with E-state index >= 15 is 0 Å². The Balaban J connectivity index is 2.10. The second-order valence-electron chi connectivity index (χ2n) is 2.93. The maximum absolute atomic E-state index is 11.3. The van der Waals surface area contributed by atoms with Crippen LogP contribution in [0.15, 0.2) is 22.8 Å². The van der Waals surface area contributed by atoms with E-state index in [1.165, 1.54) is 6.26 Å². The molecule has 0 aliphatic carbocycles. The molecule has 0 bridgehead atoms. The molecule has 0 spiro atoms. The van der Waals surface area contributed by atoms with Crippen LogP contribution < -0.4 is 5.32 Å². The van der Waals surface area contributed by atoms with Crippen molar-refractivity contribution in [2.75, 3.05) is 20.3 Å². The van der Waals surface area contributed by atoms with Crippen molar-refractivity contribution in [3.05, 3.63) is 24.2 Å². The molecule has 0 aliphatic rings. The van der Waals surface area contributed by atoms with Crippen LogP contribution in [0.3, 0.4) is 0 Å². The molecule has 0 atom stereocenters. The predicted molar refractivity (Wildman–Crippen MR) is 52.2 cm³/mol. The first-order valence-corrected chi connectivity index (χ1v) is 4.65. The van der Waals surface area contributed by atoms with Gasteiger partial charge in [0.1, 0.15) is 0 Å². The summed E-state index contributed by atoms with van der Waals surface area (Å²) in [5.74, 6) is 0.198. The lowest BCUT2D eigenvalue weighted by atomic mass is 10.3. The summed E-state index contributed by atoms with van der Waals surface area (Å²) < 4.78 is 9.83. The second kappa shape index (κ2) is 6.21. The molecular weight excluding hydrogens is 182 g/mol. The van der Waals surface area contributed by atoms with Gasteiger partial charge < -0.3 is 14.5 Å². The van der Waals surface area contributed by atoms with Crippen LogP contribution in [0.2, 0.25) is 0 Å². The molecular formula is C10H15NO3. The normalized spacial score (nSPS) is 10.1. The van der Waals surface area contributed by atoms with Crippen molar-refractivity contribution in [1.82, 2.24) is 5.32 Å². The zero-order valence-electron chi connectivity index (χ0n) is 8.29. The van der Waals surface area contributed by atoms with Gasteiger partial charge in [-0.2, -0.15) is 0 Å². The van der Waals surface area contributed by atoms with E-state index in [0.717, 1.165) is 19.4 Å². The molecule has 0 aliphatic heterocycles. The molecule has 4 heteroatoms. The maximum atomic E-state index is 11.3. The van der Waals surface area contributed by atoms with Gasteiger partial charge in [-0.1, -0.05) is 0 Å². The molecule has 0 saturated heterocycles. The summed E-state index contributed by atoms with van der Waals surface area (Å²) in [6.45, 7) is 1.39. The van der Waals surface area contributed by atoms with E-state index in [4.69, 9.17) is 9.15 Å². The highest BCUT2D eigenvalue weighted by Crippen LogP contribution is 1.99. The summed E-state index contributed by atoms with van der Waals surface area (Å²) in [6.07, 6.45) is 3.36. The molecule has 1 heterocycles. The van der Waals surface area contributed by atoms with Gasteiger partial charge in [-0.25, -0.2) is 0 Å². The first kappa shape index (κ1) is 10.8. The van der Waals surface area contributed by atoms with E-state index in [0.29, 0.717) is 12.3 Å². The Kier molecular flexibility index (Phi) is 4.78. The fraction of sp³-hybridized carbons (Fsp3) is 0.500. The van der Waals surface area contributed by atoms with E-state index in [2.05, 4.69) is 5.32 Å². The summed E-state index contributed by atoms with van der Waals surface area (Å²) in [6, 6.07) is 3.34. The van der Waals surface area contributed by atoms with Gasteiger partial charge in [-0.3, -0.25) is 4.79 Å². The van der Waals surface area contributed by atoms with Crippen molar-refractivity contribution < 1.29 is 13.9 Å². The molecule has 78 valence electrons. The van der Waals surface area contributed by atoms with E-state index in [-0.39, 0.29) is 5.91 Å². The Morgan fingerprint density at radius 3 is 3.07 bits per heavy atom. The number of furan rings is 1. The Morgan fingerprint density at radius 2 is 2.43 bits per heavy atom. The predicted octanol–water partition coefficient (Wildman–Crippen LogP) is 1.44. The minimum Gasteiger partial charge on any atom is -0.459 e. The molecule has 1 aromatic rings. The Bertz CT molecular complexity index is 256. The number of carbonyl (C=O) groups is 1. The molecule has 1 aromatic heterocycles. The van der Waals surface area contributed by atoms with Crippen LogP contribution in [0.1, 0.15) is 23.4 Å². The number of hydrogen-bond donors (Lipinski definition) is 1. The SMILES string of the molecule is COCCCCNC(=O)c1ccco1. The third kappa shape index (κ3) is 3.62. The monoisotopic (exact) mass is 197 g/mol. The number of methoxy groups -OCH3 is 1. The number of unbranched alkanes of at least 4 members (excludes halogenated alkanes) is 1. The number of hydrogen-bond acceptors (Lipinski definition) is 3. The molecule has 4 nitrogen and oxygen atoms in total. The van der Waals surface area contributed by atoms with Crippen LogP contribution in [0, 0.1) is 0 Å². The summed E-state index contributed by atoms with van der Waals surface area (Å²) in [5, 5.41) is 2.76. The van der Waals surface area contributed by atoms with Crippen LogP contribution in [0.5, 0.6) is 0 Å². The molecule has 1 N–H and O–H groups in total. The van der Waals surface area contributed by atoms with Crippen molar-refractivity contribution in [2.24, 2.45) is 0 Å². The molecule has 14 heavy (non-hydrogen) atoms. The number of amides is 1. The minimum atomic E-state index is -0.160. The van der Waals surface area contributed by atoms with Crippen LogP contribution in [0.4, 0.5) is 0 Å². The van der Waals surface area contributed by atoms with E-state index in [1.54, 1.807) is 19.2 Å². The Labute approximate surface area is 83.2 Å². The molecule has 0 radical (unpaired) electrons. The number of nitrogens with one attached hydrogen (secondary N) is 1. The average Bonchev–Trinajstić information content (AvgIpc) is 2.70. The molecule has 0 saturated carbocycles. The van der Waals surface area contributed by atoms with Gasteiger partial charge in [0, 0.05) is 20.3 Å². The van der Waals surface area contributed by atoms with E-state index in [9.17, 15) is 4.79 Å². The molecule has 0 fully saturated rings. The summed E-state index contributed by atoms with van der Waals surface area (Å²) in [4.78, 5) is 11.3. The zero-order valence-corrected chi connectivity index (χ0v) is 8.29. The van der Waals surface area contributed by atoms with Gasteiger partial charge in [0.05, 0.1) is 6.26 Å². The smallest absolute Gasteiger partial charge is 0.286 e. The lowest BCUT2D eigenvalue weighted by Crippen LogP contribution is -2.24. The molecule has 0 unspecified atom stereocenters. The van der Waals surface area contributed by atoms with Gasteiger partial charge in [-0.05, 0) is 25.0 Å². The maximum Gasteiger partial charge on any atom is 0.286 e. The van der Waals surface area contributed by atoms with E-state index < -0.39 is 0 Å². The van der Waals surface area contributed by atoms with Gasteiger partial charge in [0.25, 0.3) is 5.91 Å². The largest absolute Gasteiger partial charge is 0.459 e. The second-order valence-corrected chi connectivity index (χ2v) is 2.93. The standard InChI is InChI=1S/C10H15NO3/c1-13-7-3-2-6-11-10(12)9-5-4-8-14-9/h4-5,8H,2-3,6-7H2,1H3,(H,11,12). The third-order valence-corrected chi connectivity index (χ3v) is 1.81. The van der Waals surface area contributed by atoms with Crippen molar-refractivity contribution in [3.8, 4) is 0 Å². The highest BCUT2D eigenvalue weighted by atomic mass is 16.5. The lowest BCUT2D eigenvalue weighted by molar-refractivity contribution is 0.0924. The number of carbonyl (C=O) groups excluding carboxylic acids is 1. The Morgan fingerprint density at radius 1 is 1.57 bits per heavy atom. The van der Waals surface area contributed by atoms with Gasteiger partial charge in [0.2, 0.25) is 0 Å². The van der Waals surface area contributed by atoms with Gasteiger partial charge >= 0.3 is 0 Å². The fourth-order valence-corrected chi connectivity index (χ4v) is 1.07. The quantitative estimate of drug-likeness (QED) is 0.702. The van der Waals surface area contributed by atoms with Crippen molar-refractivity contribution >= 4 is 5.91 Å². The number of rotatable bonds is 6. The fourth-order valence-electron chi connectivity index (χ4n) is 1.07. The minimum absolute atomic E-state index is 0.160. The van der Waals surface area contributed by atoms with E-state index in [1.807, 2.05) is 0 Å². The summed E-state index contributed by atoms with van der Waals surface area (Å²) in [7, 11) is 1.67. The molecule has 1 rings (SSSR count). The van der Waals surface area contributed by atoms with Crippen molar-refractivity contribution in [3.63, 3.8) is 0 Å². The van der Waals surface area contributed by atoms with Crippen LogP contribution >= 0.6 is 0 Å². The van der Waals surface area contributed by atoms with Gasteiger partial charge in [0.15, 0.2) is 5.76 Å². The highest BCUT2D eigenvalue weighted by Gasteiger charge is 2.05. The first-order chi connectivity index (χ1) is 6.84. The Hall–Kier alpha value is -1.29. The average molecular weight is 197 g/mol. The summed E-state index contributed by atoms with van der Waals surface area (Å²) in [5.41, 5.74) is 0. The van der Waals surface area contributed by atoms with Crippen molar-refractivity contribution in [2.45, 2.75) is 12.8 Å². The van der Waals surface area contributed by atoms with Crippen LogP contribution in [-0.2, 0) is 4.74 Å². The highest BCUT2D eigenvalue weighted by molar-refractivity contribution is 5.91. The zero-order chi connectivity index (χ0) is 10.2. The van der Waals surface area contributed by atoms with Gasteiger partial charge in [-0.15, -0.1) is 0 Å². The van der Waals surface area contributed by atoms with Crippen LogP contribution in [0.25, 0.3) is 0 Å². The lowest BCUT2D eigenvalue weighted by Gasteiger charge is -2.02. The van der Waals surface area contributed by atoms with Crippen LogP contribution in [-0.4, -0.2) is 26.2 Å². The first-order valence-electron chi connectivity index (χ1n) is 4.65. The topological polar surface area (TPSA) is 51.5 Å². The number of ether oxygens (including phenoxy) is 1. The third-order valence-electron chi connectivity index (χ3n) is 1.81. The molecule has 1 amide bonds. The van der Waals surface area contributed by atoms with Crippen molar-refractivity contribution in [1.29, 1.82) is 0 Å².